The number of alkyl carbamates (subject to hydrolysis) is 1. The largest absolute Gasteiger partial charge is 0.462 e. The number of esters is 3. The number of nitrogens with zero attached hydrogens (tertiary/aromatic N) is 1. The third-order valence-electron chi connectivity index (χ3n) is 25.0. The average molecular weight is 1770 g/mol. The monoisotopic (exact) mass is 1770 g/mol. The first kappa shape index (κ1) is 103. The first-order chi connectivity index (χ1) is 56.1. The highest BCUT2D eigenvalue weighted by molar-refractivity contribution is 8.13. The van der Waals surface area contributed by atoms with Crippen molar-refractivity contribution in [1.29, 1.82) is 0 Å². The summed E-state index contributed by atoms with van der Waals surface area (Å²) in [7, 11) is -2.36. The summed E-state index contributed by atoms with van der Waals surface area (Å²) < 4.78 is 105. The molecule has 1 aromatic carbocycles. The first-order valence-electron chi connectivity index (χ1n) is 42.9. The fourth-order valence-electron chi connectivity index (χ4n) is 16.9. The summed E-state index contributed by atoms with van der Waals surface area (Å²) in [5, 5.41) is 15.0. The molecule has 4 fully saturated rings. The van der Waals surface area contributed by atoms with Gasteiger partial charge in [0.25, 0.3) is 5.69 Å². The zero-order chi connectivity index (χ0) is 87.2. The van der Waals surface area contributed by atoms with Gasteiger partial charge in [0.05, 0.1) is 77.9 Å². The van der Waals surface area contributed by atoms with Gasteiger partial charge in [-0.15, -0.1) is 17.9 Å². The van der Waals surface area contributed by atoms with Crippen LogP contribution in [0, 0.1) is 33.8 Å². The number of hydrogen-bond acceptors (Lipinski definition) is 21. The highest BCUT2D eigenvalue weighted by Crippen LogP contribution is 2.54. The molecular formula is C88H144N2O21P4Si3. The number of nitro groups is 1. The van der Waals surface area contributed by atoms with Gasteiger partial charge in [-0.1, -0.05) is 214 Å². The van der Waals surface area contributed by atoms with Crippen molar-refractivity contribution in [3.05, 3.63) is 150 Å². The van der Waals surface area contributed by atoms with Gasteiger partial charge in [0.2, 0.25) is 0 Å². The van der Waals surface area contributed by atoms with Crippen molar-refractivity contribution in [2.45, 2.75) is 325 Å². The molecule has 30 heteroatoms. The van der Waals surface area contributed by atoms with E-state index in [1.165, 1.54) is 36.4 Å². The van der Waals surface area contributed by atoms with E-state index < -0.39 is 160 Å². The van der Waals surface area contributed by atoms with E-state index in [4.69, 9.17) is 70.1 Å². The van der Waals surface area contributed by atoms with Crippen LogP contribution in [-0.4, -0.2) is 191 Å². The van der Waals surface area contributed by atoms with Crippen LogP contribution in [0.5, 0.6) is 0 Å². The third-order valence-corrected chi connectivity index (χ3v) is 44.1. The Morgan fingerprint density at radius 3 is 1.65 bits per heavy atom. The van der Waals surface area contributed by atoms with Crippen LogP contribution >= 0.6 is 33.1 Å². The minimum atomic E-state index is -2.78. The molecule has 23 nitrogen and oxygen atoms in total. The lowest BCUT2D eigenvalue weighted by atomic mass is 9.82. The molecule has 6 rings (SSSR count). The van der Waals surface area contributed by atoms with E-state index in [1.54, 1.807) is 7.11 Å². The number of carbonyl (C=O) groups is 4. The number of rotatable bonds is 29. The first-order valence-corrected chi connectivity index (χ1v) is 57.0. The van der Waals surface area contributed by atoms with Crippen LogP contribution in [0.3, 0.4) is 0 Å². The Kier molecular flexibility index (Phi) is 43.6. The summed E-state index contributed by atoms with van der Waals surface area (Å²) in [6.07, 6.45) is 20.7. The maximum atomic E-state index is 15.6. The number of nitrogens with one attached hydrogen (secondary N) is 1. The second-order valence-corrected chi connectivity index (χ2v) is 56.5. The molecule has 5 aliphatic rings. The van der Waals surface area contributed by atoms with Gasteiger partial charge in [0.1, 0.15) is 31.3 Å². The normalized spacial score (nSPS) is 33.4. The highest BCUT2D eigenvalue weighted by atomic mass is 32.0. The summed E-state index contributed by atoms with van der Waals surface area (Å²) in [5.41, 5.74) is 0.166. The lowest BCUT2D eigenvalue weighted by Gasteiger charge is -2.52. The van der Waals surface area contributed by atoms with Gasteiger partial charge in [-0.05, 0) is 138 Å². The highest BCUT2D eigenvalue weighted by Gasteiger charge is 2.58. The predicted octanol–water partition coefficient (Wildman–Crippen LogP) is 20.8. The maximum absolute atomic E-state index is 15.6. The maximum Gasteiger partial charge on any atom is 0.407 e. The summed E-state index contributed by atoms with van der Waals surface area (Å²) in [6.45, 7) is 48.0. The van der Waals surface area contributed by atoms with Crippen molar-refractivity contribution in [2.75, 3.05) is 33.7 Å². The van der Waals surface area contributed by atoms with Gasteiger partial charge < -0.3 is 75.4 Å². The number of fused-ring (bicyclic) bond motifs is 6. The summed E-state index contributed by atoms with van der Waals surface area (Å²) in [5.74, 6) is -4.02. The molecule has 5 aliphatic heterocycles. The molecule has 4 saturated heterocycles. The Morgan fingerprint density at radius 2 is 1.13 bits per heavy atom. The Hall–Kier alpha value is -4.11. The van der Waals surface area contributed by atoms with Crippen molar-refractivity contribution in [3.63, 3.8) is 0 Å². The number of methoxy groups -OCH3 is 1. The van der Waals surface area contributed by atoms with E-state index in [2.05, 4.69) is 160 Å². The van der Waals surface area contributed by atoms with Gasteiger partial charge in [-0.25, -0.2) is 9.59 Å². The van der Waals surface area contributed by atoms with Gasteiger partial charge >= 0.3 is 24.0 Å². The molecule has 6 bridgehead atoms. The van der Waals surface area contributed by atoms with Crippen molar-refractivity contribution >= 4 is 87.7 Å². The quantitative estimate of drug-likeness (QED) is 0.0149. The Bertz CT molecular complexity index is 3520. The molecule has 1 amide bonds. The van der Waals surface area contributed by atoms with Crippen molar-refractivity contribution < 1.29 is 94.2 Å². The molecule has 664 valence electrons. The number of amides is 1. The lowest BCUT2D eigenvalue weighted by molar-refractivity contribution is -0.384. The summed E-state index contributed by atoms with van der Waals surface area (Å²) in [4.78, 5) is 70.4. The van der Waals surface area contributed by atoms with Crippen molar-refractivity contribution in [2.24, 2.45) is 23.7 Å². The zero-order valence-corrected chi connectivity index (χ0v) is 81.2. The molecule has 0 saturated carbocycles. The second kappa shape index (κ2) is 50.1. The standard InChI is InChI=1S/C88H144N2O21P4Si3/c1-23-51-98-83(93)78-75-54-69(102-84-81(107-82(92)67-45-47-68(48-46-67)90(95)96)79(89-85(94)99-52-24-2)80(66(19)101-84)111-118(29-7,30-8)61(13)14)44-42-40-38-36-34-32-31-33-35-37-39-41-43-62(15)63(16)64(17)65(18)100-77(91)56-71-53-70(103-86(104-71)114(21)112)49-50-73(109-116(25-3,26-4)59(9)10)74-55-72(105-87(106-74)115(22)113)57-88(97-20,108-75)58-76(78)110-117(27-5,28-6)60(11)12/h23-24,31-48,59-66,69-76,78-81,84,86-87H,1-2,25-30,49-58,112-113H2,3-22H3,(H,89,94)/b32-31+,35-33+,36-34+,39-37+,40-38+,43-41+,44-42+/t62-,63+,64+,65-,66+,69-,70?,71+,72?,73+,74+,75?,76-,78-,79-,80+,81+,84-,86?,87?,88+,114?,115?/m0/s1. The number of carbonyl (C=O) groups excluding carboxylic acids is 4. The minimum absolute atomic E-state index is 0.0331. The average Bonchev–Trinajstić information content (AvgIpc) is 0.759. The Balaban J connectivity index is 1.61. The number of nitro benzene ring substituents is 1. The van der Waals surface area contributed by atoms with Crippen LogP contribution in [-0.2, 0) is 79.7 Å². The van der Waals surface area contributed by atoms with Gasteiger partial charge in [0.15, 0.2) is 55.2 Å². The number of cyclic esters (lactones) is 1. The van der Waals surface area contributed by atoms with Gasteiger partial charge in [-0.3, -0.25) is 19.7 Å². The summed E-state index contributed by atoms with van der Waals surface area (Å²) >= 11 is 0. The molecular weight excluding hydrogens is 1630 g/mol. The smallest absolute Gasteiger partial charge is 0.407 e. The molecule has 0 aromatic heterocycles. The molecule has 0 spiro atoms. The number of hydrogen-bond donors (Lipinski definition) is 1. The molecule has 5 heterocycles. The van der Waals surface area contributed by atoms with E-state index in [1.807, 2.05) is 92.8 Å². The molecule has 1 N–H and O–H groups in total. The van der Waals surface area contributed by atoms with Crippen molar-refractivity contribution in [3.8, 4) is 0 Å². The van der Waals surface area contributed by atoms with Crippen LogP contribution in [0.15, 0.2) is 135 Å². The van der Waals surface area contributed by atoms with E-state index in [0.29, 0.717) is 37.8 Å². The van der Waals surface area contributed by atoms with Crippen LogP contribution in [0.25, 0.3) is 0 Å². The third kappa shape index (κ3) is 29.2. The summed E-state index contributed by atoms with van der Waals surface area (Å²) in [6, 6.07) is 7.19. The number of ether oxygens (including phenoxy) is 12. The molecule has 9 unspecified atom stereocenters. The molecule has 25 atom stereocenters. The molecule has 0 radical (unpaired) electrons. The number of benzene rings is 1. The fraction of sp³-hybridized carbons (Fsp3) is 0.682. The van der Waals surface area contributed by atoms with Crippen LogP contribution in [0.2, 0.25) is 52.9 Å². The predicted molar refractivity (Wildman–Crippen MR) is 485 cm³/mol. The zero-order valence-electron chi connectivity index (χ0n) is 74.1. The van der Waals surface area contributed by atoms with Crippen molar-refractivity contribution in [1.82, 2.24) is 5.32 Å². The van der Waals surface area contributed by atoms with Crippen LogP contribution in [0.1, 0.15) is 179 Å². The Morgan fingerprint density at radius 1 is 0.619 bits per heavy atom. The number of allylic oxidation sites excluding steroid dienone is 13. The fourth-order valence-corrected chi connectivity index (χ4v) is 30.0. The minimum Gasteiger partial charge on any atom is -0.462 e. The topological polar surface area (TPSA) is 262 Å². The number of non-ortho nitro benzene ring substituents is 1. The molecule has 0 aliphatic carbocycles. The van der Waals surface area contributed by atoms with Gasteiger partial charge in [-0.2, -0.15) is 0 Å². The van der Waals surface area contributed by atoms with E-state index in [9.17, 15) is 24.5 Å². The Labute approximate surface area is 716 Å². The van der Waals surface area contributed by atoms with Crippen LogP contribution in [0.4, 0.5) is 10.5 Å². The van der Waals surface area contributed by atoms with Gasteiger partial charge in [0, 0.05) is 51.3 Å². The van der Waals surface area contributed by atoms with E-state index in [0.717, 1.165) is 24.2 Å². The second-order valence-electron chi connectivity index (χ2n) is 33.3. The SMILES string of the molecule is C=CCOC(=O)N[C@@H]1[C@@H](OC(=O)c2ccc([N+](=O)[O-])cc2)[C@H](O[C@H]2/C=C/C=C/C=C/C=C/C=C/C=C/C=C/[C@H](C)[C@@H](C)[C@@H](C)[C@H](C)OC(=O)C[C@H]3CC(CC[C@@H](O[Si](CC)(CC)C(C)C)[C@H]4CC(C[C@]5(OC)C[C@H](O[Si](CC)(CC)C(C)C)[C@@H](C(=O)OCC=C)C(C2)O5)OC(P(C)P)O4)OC(P(C)P)O3)O[C@H](C)[C@H]1O[Si](CC)(CC)C(C)C. The lowest BCUT2D eigenvalue weighted by Crippen LogP contribution is -2.68. The van der Waals surface area contributed by atoms with E-state index in [-0.39, 0.29) is 103 Å². The van der Waals surface area contributed by atoms with E-state index >= 15 is 4.79 Å². The van der Waals surface area contributed by atoms with Crippen LogP contribution < -0.4 is 5.32 Å². The molecule has 1 aromatic rings. The molecule has 118 heavy (non-hydrogen) atoms.